The first-order valence-electron chi connectivity index (χ1n) is 8.46. The van der Waals surface area contributed by atoms with Crippen LogP contribution in [0.3, 0.4) is 0 Å². The highest BCUT2D eigenvalue weighted by Gasteiger charge is 2.30. The number of benzene rings is 2. The predicted molar refractivity (Wildman–Crippen MR) is 97.4 cm³/mol. The van der Waals surface area contributed by atoms with E-state index in [1.807, 2.05) is 0 Å². The Kier molecular flexibility index (Phi) is 5.76. The van der Waals surface area contributed by atoms with E-state index < -0.39 is 34.2 Å². The van der Waals surface area contributed by atoms with Crippen LogP contribution in [0.1, 0.15) is 33.6 Å². The van der Waals surface area contributed by atoms with E-state index >= 15 is 0 Å². The fraction of sp³-hybridized carbons (Fsp3) is 0.263. The fourth-order valence-electron chi connectivity index (χ4n) is 2.46. The average molecular weight is 407 g/mol. The molecule has 1 aliphatic rings. The summed E-state index contributed by atoms with van der Waals surface area (Å²) in [6, 6.07) is 8.71. The van der Waals surface area contributed by atoms with Crippen molar-refractivity contribution in [1.29, 1.82) is 0 Å². The molecule has 0 unspecified atom stereocenters. The third-order valence-corrected chi connectivity index (χ3v) is 5.61. The number of sulfonamides is 1. The third-order valence-electron chi connectivity index (χ3n) is 4.07. The number of methoxy groups -OCH3 is 1. The molecule has 1 aliphatic carbocycles. The summed E-state index contributed by atoms with van der Waals surface area (Å²) >= 11 is 0. The number of ketones is 1. The van der Waals surface area contributed by atoms with E-state index in [1.165, 1.54) is 37.4 Å². The third kappa shape index (κ3) is 4.73. The zero-order valence-electron chi connectivity index (χ0n) is 15.0. The monoisotopic (exact) mass is 407 g/mol. The van der Waals surface area contributed by atoms with Gasteiger partial charge in [0.25, 0.3) is 0 Å². The number of nitrogens with one attached hydrogen (secondary N) is 1. The number of rotatable bonds is 8. The van der Waals surface area contributed by atoms with Crippen molar-refractivity contribution in [3.05, 3.63) is 59.4 Å². The lowest BCUT2D eigenvalue weighted by Gasteiger charge is -2.12. The van der Waals surface area contributed by atoms with E-state index in [1.54, 1.807) is 0 Å². The molecule has 0 aliphatic heterocycles. The highest BCUT2D eigenvalue weighted by molar-refractivity contribution is 7.89. The summed E-state index contributed by atoms with van der Waals surface area (Å²) in [5.41, 5.74) is 0.0171. The molecule has 0 heterocycles. The summed E-state index contributed by atoms with van der Waals surface area (Å²) < 4.78 is 50.7. The molecule has 1 fully saturated rings. The number of esters is 1. The Hall–Kier alpha value is -2.78. The maximum atomic E-state index is 13.2. The summed E-state index contributed by atoms with van der Waals surface area (Å²) in [6.07, 6.45) is 1.51. The van der Waals surface area contributed by atoms with Crippen LogP contribution in [0, 0.1) is 5.82 Å². The number of halogens is 1. The van der Waals surface area contributed by atoms with Gasteiger partial charge in [-0.1, -0.05) is 12.1 Å². The van der Waals surface area contributed by atoms with Crippen LogP contribution in [0.5, 0.6) is 5.75 Å². The Balaban J connectivity index is 1.74. The molecule has 1 N–H and O–H groups in total. The number of carbonyl (C=O) groups is 2. The molecule has 3 rings (SSSR count). The van der Waals surface area contributed by atoms with Gasteiger partial charge in [-0.2, -0.15) is 0 Å². The van der Waals surface area contributed by atoms with Gasteiger partial charge in [-0.3, -0.25) is 4.79 Å². The molecule has 1 saturated carbocycles. The van der Waals surface area contributed by atoms with Crippen LogP contribution in [-0.2, 0) is 14.8 Å². The molecule has 0 aromatic heterocycles. The van der Waals surface area contributed by atoms with Crippen molar-refractivity contribution < 1.29 is 31.9 Å². The second-order valence-electron chi connectivity index (χ2n) is 6.27. The molecule has 0 spiro atoms. The molecule has 2 aromatic carbocycles. The van der Waals surface area contributed by atoms with Gasteiger partial charge < -0.3 is 9.47 Å². The number of hydrogen-bond donors (Lipinski definition) is 1. The van der Waals surface area contributed by atoms with E-state index in [4.69, 9.17) is 9.47 Å². The van der Waals surface area contributed by atoms with Gasteiger partial charge >= 0.3 is 5.97 Å². The lowest BCUT2D eigenvalue weighted by Crippen LogP contribution is -2.26. The largest absolute Gasteiger partial charge is 0.495 e. The first-order chi connectivity index (χ1) is 13.3. The summed E-state index contributed by atoms with van der Waals surface area (Å²) in [4.78, 5) is 24.1. The zero-order chi connectivity index (χ0) is 20.3. The number of Topliss-reactive ketones (excluding diaryl/α,β-unsaturated/α-hetero) is 1. The van der Waals surface area contributed by atoms with Crippen LogP contribution in [0.2, 0.25) is 0 Å². The van der Waals surface area contributed by atoms with Gasteiger partial charge in [0.2, 0.25) is 10.0 Å². The van der Waals surface area contributed by atoms with Gasteiger partial charge in [0.15, 0.2) is 12.4 Å². The van der Waals surface area contributed by atoms with Crippen molar-refractivity contribution in [3.8, 4) is 5.75 Å². The van der Waals surface area contributed by atoms with Crippen molar-refractivity contribution in [3.63, 3.8) is 0 Å². The minimum atomic E-state index is -3.87. The van der Waals surface area contributed by atoms with E-state index in [-0.39, 0.29) is 27.8 Å². The van der Waals surface area contributed by atoms with Crippen molar-refractivity contribution in [1.82, 2.24) is 4.72 Å². The lowest BCUT2D eigenvalue weighted by atomic mass is 10.1. The van der Waals surface area contributed by atoms with Crippen LogP contribution < -0.4 is 9.46 Å². The molecular formula is C19H18FNO6S. The summed E-state index contributed by atoms with van der Waals surface area (Å²) in [6.45, 7) is -0.600. The highest BCUT2D eigenvalue weighted by atomic mass is 32.2. The summed E-state index contributed by atoms with van der Waals surface area (Å²) in [5.74, 6) is -1.95. The molecule has 9 heteroatoms. The molecular weight excluding hydrogens is 389 g/mol. The van der Waals surface area contributed by atoms with Crippen LogP contribution in [0.4, 0.5) is 4.39 Å². The van der Waals surface area contributed by atoms with E-state index in [9.17, 15) is 22.4 Å². The minimum absolute atomic E-state index is 0.0518. The van der Waals surface area contributed by atoms with Gasteiger partial charge in [-0.25, -0.2) is 22.3 Å². The van der Waals surface area contributed by atoms with Crippen LogP contribution in [0.15, 0.2) is 47.4 Å². The second-order valence-corrected chi connectivity index (χ2v) is 7.95. The highest BCUT2D eigenvalue weighted by Crippen LogP contribution is 2.28. The van der Waals surface area contributed by atoms with Crippen molar-refractivity contribution in [2.75, 3.05) is 13.7 Å². The molecule has 0 bridgehead atoms. The molecule has 148 valence electrons. The Bertz CT molecular complexity index is 1020. The number of ether oxygens (including phenoxy) is 2. The molecule has 28 heavy (non-hydrogen) atoms. The topological polar surface area (TPSA) is 98.8 Å². The van der Waals surface area contributed by atoms with Gasteiger partial charge in [0.05, 0.1) is 12.7 Å². The second kappa shape index (κ2) is 8.07. The first kappa shape index (κ1) is 20.0. The maximum absolute atomic E-state index is 13.2. The van der Waals surface area contributed by atoms with Crippen molar-refractivity contribution >= 4 is 21.8 Å². The minimum Gasteiger partial charge on any atom is -0.495 e. The molecule has 2 aromatic rings. The van der Waals surface area contributed by atoms with Gasteiger partial charge in [0.1, 0.15) is 16.5 Å². The predicted octanol–water partition coefficient (Wildman–Crippen LogP) is 2.31. The van der Waals surface area contributed by atoms with Crippen LogP contribution >= 0.6 is 0 Å². The standard InChI is InChI=1S/C19H18FNO6S/c1-26-17-8-5-13(10-18(17)28(24,25)21-15-6-7-15)19(23)27-11-16(22)12-3-2-4-14(20)9-12/h2-5,8-10,15,21H,6-7,11H2,1H3. The average Bonchev–Trinajstić information content (AvgIpc) is 3.48. The van der Waals surface area contributed by atoms with Crippen LogP contribution in [0.25, 0.3) is 0 Å². The molecule has 0 atom stereocenters. The molecule has 0 radical (unpaired) electrons. The number of hydrogen-bond acceptors (Lipinski definition) is 6. The summed E-state index contributed by atoms with van der Waals surface area (Å²) in [7, 11) is -2.55. The smallest absolute Gasteiger partial charge is 0.338 e. The SMILES string of the molecule is COc1ccc(C(=O)OCC(=O)c2cccc(F)c2)cc1S(=O)(=O)NC1CC1. The fourth-order valence-corrected chi connectivity index (χ4v) is 3.96. The molecule has 0 saturated heterocycles. The first-order valence-corrected chi connectivity index (χ1v) is 9.95. The van der Waals surface area contributed by atoms with Crippen molar-refractivity contribution in [2.45, 2.75) is 23.8 Å². The number of carbonyl (C=O) groups excluding carboxylic acids is 2. The lowest BCUT2D eigenvalue weighted by molar-refractivity contribution is 0.0474. The quantitative estimate of drug-likeness (QED) is 0.533. The Labute approximate surface area is 161 Å². The van der Waals surface area contributed by atoms with E-state index in [0.717, 1.165) is 25.0 Å². The normalized spacial score (nSPS) is 13.8. The van der Waals surface area contributed by atoms with Gasteiger partial charge in [-0.05, 0) is 43.2 Å². The van der Waals surface area contributed by atoms with E-state index in [2.05, 4.69) is 4.72 Å². The molecule has 0 amide bonds. The Morgan fingerprint density at radius 3 is 2.54 bits per heavy atom. The van der Waals surface area contributed by atoms with E-state index in [0.29, 0.717) is 0 Å². The zero-order valence-corrected chi connectivity index (χ0v) is 15.8. The Morgan fingerprint density at radius 2 is 1.89 bits per heavy atom. The maximum Gasteiger partial charge on any atom is 0.338 e. The molecule has 7 nitrogen and oxygen atoms in total. The summed E-state index contributed by atoms with van der Waals surface area (Å²) in [5, 5.41) is 0. The van der Waals surface area contributed by atoms with Gasteiger partial charge in [-0.15, -0.1) is 0 Å². The van der Waals surface area contributed by atoms with Crippen LogP contribution in [-0.4, -0.2) is 39.9 Å². The Morgan fingerprint density at radius 1 is 1.14 bits per heavy atom. The van der Waals surface area contributed by atoms with Crippen molar-refractivity contribution in [2.24, 2.45) is 0 Å². The van der Waals surface area contributed by atoms with Gasteiger partial charge in [0, 0.05) is 11.6 Å².